The monoisotopic (exact) mass is 248 g/mol. The standard InChI is InChI=1S/C15H20O3/c1-10-3-5-13(7-11(10)2)18-14-6-4-12(8-14)9-15(16)17/h3,5,7,12,14H,4,6,8-9H2,1-2H3,(H,16,17). The smallest absolute Gasteiger partial charge is 0.303 e. The SMILES string of the molecule is Cc1ccc(OC2CCC(CC(=O)O)C2)cc1C. The quantitative estimate of drug-likeness (QED) is 0.889. The molecule has 0 aromatic heterocycles. The Morgan fingerprint density at radius 3 is 2.78 bits per heavy atom. The molecule has 0 amide bonds. The van der Waals surface area contributed by atoms with Crippen LogP contribution in [0.5, 0.6) is 5.75 Å². The van der Waals surface area contributed by atoms with Crippen LogP contribution in [0.1, 0.15) is 36.8 Å². The first-order chi connectivity index (χ1) is 8.54. The highest BCUT2D eigenvalue weighted by molar-refractivity contribution is 5.67. The molecule has 0 aliphatic heterocycles. The third kappa shape index (κ3) is 3.25. The molecule has 1 N–H and O–H groups in total. The molecule has 2 unspecified atom stereocenters. The van der Waals surface area contributed by atoms with Crippen molar-refractivity contribution in [2.24, 2.45) is 5.92 Å². The van der Waals surface area contributed by atoms with Crippen LogP contribution in [0.25, 0.3) is 0 Å². The molecule has 2 atom stereocenters. The molecule has 0 bridgehead atoms. The van der Waals surface area contributed by atoms with Gasteiger partial charge in [-0.05, 0) is 62.3 Å². The van der Waals surface area contributed by atoms with Gasteiger partial charge >= 0.3 is 5.97 Å². The highest BCUT2D eigenvalue weighted by Crippen LogP contribution is 2.31. The van der Waals surface area contributed by atoms with Crippen molar-refractivity contribution in [1.82, 2.24) is 0 Å². The third-order valence-electron chi connectivity index (χ3n) is 3.74. The maximum absolute atomic E-state index is 10.7. The van der Waals surface area contributed by atoms with E-state index in [2.05, 4.69) is 26.0 Å². The Kier molecular flexibility index (Phi) is 3.90. The van der Waals surface area contributed by atoms with Gasteiger partial charge in [-0.2, -0.15) is 0 Å². The molecule has 1 aliphatic carbocycles. The molecule has 1 saturated carbocycles. The van der Waals surface area contributed by atoms with Gasteiger partial charge in [-0.25, -0.2) is 0 Å². The summed E-state index contributed by atoms with van der Waals surface area (Å²) in [6.45, 7) is 4.15. The van der Waals surface area contributed by atoms with Gasteiger partial charge in [-0.3, -0.25) is 4.79 Å². The topological polar surface area (TPSA) is 46.5 Å². The number of aryl methyl sites for hydroxylation is 2. The predicted molar refractivity (Wildman–Crippen MR) is 69.9 cm³/mol. The van der Waals surface area contributed by atoms with Gasteiger partial charge in [0.05, 0.1) is 6.10 Å². The number of aliphatic carboxylic acids is 1. The van der Waals surface area contributed by atoms with Crippen molar-refractivity contribution in [1.29, 1.82) is 0 Å². The second kappa shape index (κ2) is 5.42. The Bertz CT molecular complexity index is 439. The molecule has 0 spiro atoms. The summed E-state index contributed by atoms with van der Waals surface area (Å²) < 4.78 is 5.93. The summed E-state index contributed by atoms with van der Waals surface area (Å²) >= 11 is 0. The first kappa shape index (κ1) is 12.9. The maximum atomic E-state index is 10.7. The summed E-state index contributed by atoms with van der Waals surface area (Å²) in [7, 11) is 0. The first-order valence-electron chi connectivity index (χ1n) is 6.50. The molecular weight excluding hydrogens is 228 g/mol. The normalized spacial score (nSPS) is 23.0. The van der Waals surface area contributed by atoms with Crippen LogP contribution in [0, 0.1) is 19.8 Å². The predicted octanol–water partition coefficient (Wildman–Crippen LogP) is 3.33. The molecule has 1 aromatic carbocycles. The molecule has 0 saturated heterocycles. The van der Waals surface area contributed by atoms with Crippen LogP contribution in [-0.2, 0) is 4.79 Å². The first-order valence-corrected chi connectivity index (χ1v) is 6.50. The van der Waals surface area contributed by atoms with Crippen molar-refractivity contribution < 1.29 is 14.6 Å². The molecule has 3 nitrogen and oxygen atoms in total. The van der Waals surface area contributed by atoms with Gasteiger partial charge in [0, 0.05) is 6.42 Å². The molecule has 1 fully saturated rings. The van der Waals surface area contributed by atoms with E-state index in [0.29, 0.717) is 0 Å². The number of carboxylic acids is 1. The molecule has 98 valence electrons. The summed E-state index contributed by atoms with van der Waals surface area (Å²) in [6.07, 6.45) is 3.23. The van der Waals surface area contributed by atoms with Crippen LogP contribution in [0.15, 0.2) is 18.2 Å². The zero-order valence-electron chi connectivity index (χ0n) is 11.0. The Hall–Kier alpha value is -1.51. The highest BCUT2D eigenvalue weighted by Gasteiger charge is 2.27. The number of ether oxygens (including phenoxy) is 1. The van der Waals surface area contributed by atoms with Crippen LogP contribution >= 0.6 is 0 Å². The van der Waals surface area contributed by atoms with E-state index >= 15 is 0 Å². The van der Waals surface area contributed by atoms with Crippen LogP contribution in [0.2, 0.25) is 0 Å². The van der Waals surface area contributed by atoms with Gasteiger partial charge in [-0.15, -0.1) is 0 Å². The lowest BCUT2D eigenvalue weighted by Gasteiger charge is -2.14. The van der Waals surface area contributed by atoms with Crippen LogP contribution in [0.4, 0.5) is 0 Å². The van der Waals surface area contributed by atoms with Gasteiger partial charge in [-0.1, -0.05) is 6.07 Å². The van der Waals surface area contributed by atoms with Crippen molar-refractivity contribution >= 4 is 5.97 Å². The van der Waals surface area contributed by atoms with E-state index in [1.807, 2.05) is 6.07 Å². The minimum atomic E-state index is -0.702. The Labute approximate surface area is 108 Å². The van der Waals surface area contributed by atoms with E-state index in [4.69, 9.17) is 9.84 Å². The van der Waals surface area contributed by atoms with Crippen molar-refractivity contribution in [3.05, 3.63) is 29.3 Å². The molecule has 3 heteroatoms. The van der Waals surface area contributed by atoms with E-state index in [0.717, 1.165) is 25.0 Å². The lowest BCUT2D eigenvalue weighted by molar-refractivity contribution is -0.138. The number of hydrogen-bond donors (Lipinski definition) is 1. The van der Waals surface area contributed by atoms with E-state index in [1.54, 1.807) is 0 Å². The highest BCUT2D eigenvalue weighted by atomic mass is 16.5. The van der Waals surface area contributed by atoms with E-state index in [-0.39, 0.29) is 18.4 Å². The molecule has 2 rings (SSSR count). The Morgan fingerprint density at radius 1 is 1.33 bits per heavy atom. The van der Waals surface area contributed by atoms with Crippen LogP contribution in [-0.4, -0.2) is 17.2 Å². The third-order valence-corrected chi connectivity index (χ3v) is 3.74. The number of benzene rings is 1. The van der Waals surface area contributed by atoms with Crippen molar-refractivity contribution in [2.75, 3.05) is 0 Å². The lowest BCUT2D eigenvalue weighted by atomic mass is 10.0. The van der Waals surface area contributed by atoms with E-state index < -0.39 is 5.97 Å². The van der Waals surface area contributed by atoms with Crippen molar-refractivity contribution in [2.45, 2.75) is 45.6 Å². The lowest BCUT2D eigenvalue weighted by Crippen LogP contribution is -2.13. The van der Waals surface area contributed by atoms with Crippen molar-refractivity contribution in [3.63, 3.8) is 0 Å². The zero-order valence-corrected chi connectivity index (χ0v) is 11.0. The summed E-state index contributed by atoms with van der Waals surface area (Å²) in [4.78, 5) is 10.7. The van der Waals surface area contributed by atoms with Gasteiger partial charge in [0.15, 0.2) is 0 Å². The van der Waals surface area contributed by atoms with E-state index in [1.165, 1.54) is 11.1 Å². The summed E-state index contributed by atoms with van der Waals surface area (Å²) in [6, 6.07) is 6.11. The van der Waals surface area contributed by atoms with Crippen LogP contribution < -0.4 is 4.74 Å². The fourth-order valence-electron chi connectivity index (χ4n) is 2.55. The number of hydrogen-bond acceptors (Lipinski definition) is 2. The second-order valence-corrected chi connectivity index (χ2v) is 5.26. The molecule has 0 radical (unpaired) electrons. The number of carbonyl (C=O) groups is 1. The largest absolute Gasteiger partial charge is 0.490 e. The minimum Gasteiger partial charge on any atom is -0.490 e. The summed E-state index contributed by atoms with van der Waals surface area (Å²) in [5, 5.41) is 8.78. The van der Waals surface area contributed by atoms with Gasteiger partial charge in [0.2, 0.25) is 0 Å². The van der Waals surface area contributed by atoms with Gasteiger partial charge < -0.3 is 9.84 Å². The Morgan fingerprint density at radius 2 is 2.11 bits per heavy atom. The maximum Gasteiger partial charge on any atom is 0.303 e. The fourth-order valence-corrected chi connectivity index (χ4v) is 2.55. The average molecular weight is 248 g/mol. The summed E-state index contributed by atoms with van der Waals surface area (Å²) in [5.41, 5.74) is 2.49. The van der Waals surface area contributed by atoms with Crippen molar-refractivity contribution in [3.8, 4) is 5.75 Å². The Balaban J connectivity index is 1.91. The number of rotatable bonds is 4. The zero-order chi connectivity index (χ0) is 13.1. The van der Waals surface area contributed by atoms with Gasteiger partial charge in [0.25, 0.3) is 0 Å². The molecule has 18 heavy (non-hydrogen) atoms. The average Bonchev–Trinajstić information content (AvgIpc) is 2.70. The molecular formula is C15H20O3. The summed E-state index contributed by atoms with van der Waals surface area (Å²) in [5.74, 6) is 0.477. The van der Waals surface area contributed by atoms with Gasteiger partial charge in [0.1, 0.15) is 5.75 Å². The van der Waals surface area contributed by atoms with E-state index in [9.17, 15) is 4.79 Å². The second-order valence-electron chi connectivity index (χ2n) is 5.26. The molecule has 1 aromatic rings. The number of carboxylic acid groups (broad SMARTS) is 1. The molecule has 1 aliphatic rings. The van der Waals surface area contributed by atoms with Crippen LogP contribution in [0.3, 0.4) is 0 Å². The fraction of sp³-hybridized carbons (Fsp3) is 0.533. The molecule has 0 heterocycles. The minimum absolute atomic E-state index is 0.177.